The summed E-state index contributed by atoms with van der Waals surface area (Å²) >= 11 is 0. The van der Waals surface area contributed by atoms with Crippen molar-refractivity contribution < 1.29 is 42.2 Å². The molecule has 0 saturated carbocycles. The molecule has 5 N–H and O–H groups in total. The lowest BCUT2D eigenvalue weighted by atomic mass is 10.00. The summed E-state index contributed by atoms with van der Waals surface area (Å²) in [6, 6.07) is 16.7. The Morgan fingerprint density at radius 2 is 1.35 bits per heavy atom. The molecule has 0 heterocycles. The van der Waals surface area contributed by atoms with Crippen LogP contribution in [0.4, 0.5) is 13.2 Å². The average molecular weight is 568 g/mol. The smallest absolute Gasteiger partial charge is 0.475 e. The fourth-order valence-electron chi connectivity index (χ4n) is 3.54. The van der Waals surface area contributed by atoms with Crippen molar-refractivity contribution in [1.29, 1.82) is 0 Å². The van der Waals surface area contributed by atoms with Gasteiger partial charge in [-0.05, 0) is 36.3 Å². The van der Waals surface area contributed by atoms with E-state index in [4.69, 9.17) is 20.4 Å². The third-order valence-corrected chi connectivity index (χ3v) is 5.59. The maximum absolute atomic E-state index is 13.1. The Hall–Kier alpha value is -3.93. The summed E-state index contributed by atoms with van der Waals surface area (Å²) in [6.45, 7) is 3.92. The summed E-state index contributed by atoms with van der Waals surface area (Å²) in [5, 5.41) is 12.7. The minimum atomic E-state index is -5.08. The number of ether oxygens (including phenoxy) is 1. The lowest BCUT2D eigenvalue weighted by molar-refractivity contribution is -0.192. The molecule has 0 aliphatic rings. The van der Waals surface area contributed by atoms with E-state index in [0.717, 1.165) is 11.1 Å². The Kier molecular flexibility index (Phi) is 14.4. The molecule has 0 aliphatic heterocycles. The van der Waals surface area contributed by atoms with Crippen LogP contribution >= 0.6 is 0 Å². The maximum Gasteiger partial charge on any atom is 0.490 e. The molecule has 3 atom stereocenters. The van der Waals surface area contributed by atoms with Crippen molar-refractivity contribution in [2.45, 2.75) is 63.8 Å². The highest BCUT2D eigenvalue weighted by Gasteiger charge is 2.38. The lowest BCUT2D eigenvalue weighted by Crippen LogP contribution is -2.55. The second-order valence-corrected chi connectivity index (χ2v) is 9.40. The number of benzene rings is 2. The summed E-state index contributed by atoms with van der Waals surface area (Å²) < 4.78 is 36.6. The highest BCUT2D eigenvalue weighted by molar-refractivity contribution is 5.92. The van der Waals surface area contributed by atoms with Gasteiger partial charge in [0.2, 0.25) is 11.8 Å². The standard InChI is InChI=1S/C26H35N3O4.C2HF3O2/c1-18(2)16-22(28-24(30)21(27)15-14-19-10-6-4-7-11-19)25(31)29-23(26(32)33-3)17-20-12-8-5-9-13-20;3-2(4,5)1(6)7/h4-13,18,21-23H,14-17,27H2,1-3H3,(H,28,30)(H,29,31);(H,6,7). The van der Waals surface area contributed by atoms with Crippen LogP contribution in [0.25, 0.3) is 0 Å². The monoisotopic (exact) mass is 567 g/mol. The molecule has 9 nitrogen and oxygen atoms in total. The summed E-state index contributed by atoms with van der Waals surface area (Å²) in [4.78, 5) is 47.0. The molecule has 0 fully saturated rings. The van der Waals surface area contributed by atoms with Gasteiger partial charge in [0, 0.05) is 6.42 Å². The Morgan fingerprint density at radius 3 is 1.80 bits per heavy atom. The van der Waals surface area contributed by atoms with Crippen LogP contribution in [0.15, 0.2) is 60.7 Å². The number of nitrogens with two attached hydrogens (primary N) is 1. The number of carboxylic acids is 1. The number of aliphatic carboxylic acids is 1. The van der Waals surface area contributed by atoms with Crippen molar-refractivity contribution in [3.63, 3.8) is 0 Å². The Labute approximate surface area is 231 Å². The summed E-state index contributed by atoms with van der Waals surface area (Å²) in [7, 11) is 1.28. The largest absolute Gasteiger partial charge is 0.490 e. The molecule has 220 valence electrons. The van der Waals surface area contributed by atoms with Crippen molar-refractivity contribution in [2.24, 2.45) is 11.7 Å². The molecule has 0 aromatic heterocycles. The molecular weight excluding hydrogens is 531 g/mol. The van der Waals surface area contributed by atoms with Gasteiger partial charge in [0.1, 0.15) is 12.1 Å². The summed E-state index contributed by atoms with van der Waals surface area (Å²) in [5.41, 5.74) is 8.09. The summed E-state index contributed by atoms with van der Waals surface area (Å²) in [5.74, 6) is -3.97. The van der Waals surface area contributed by atoms with Crippen molar-refractivity contribution >= 4 is 23.8 Å². The second kappa shape index (κ2) is 16.9. The Morgan fingerprint density at radius 1 is 0.875 bits per heavy atom. The first-order valence-electron chi connectivity index (χ1n) is 12.6. The molecule has 2 aromatic carbocycles. The number of esters is 1. The molecule has 0 bridgehead atoms. The number of hydrogen-bond acceptors (Lipinski definition) is 6. The number of methoxy groups -OCH3 is 1. The molecule has 40 heavy (non-hydrogen) atoms. The van der Waals surface area contributed by atoms with Gasteiger partial charge >= 0.3 is 18.1 Å². The van der Waals surface area contributed by atoms with Crippen LogP contribution < -0.4 is 16.4 Å². The highest BCUT2D eigenvalue weighted by atomic mass is 19.4. The molecule has 2 rings (SSSR count). The van der Waals surface area contributed by atoms with E-state index in [0.29, 0.717) is 19.3 Å². The number of amides is 2. The van der Waals surface area contributed by atoms with Crippen LogP contribution in [-0.4, -0.2) is 60.3 Å². The van der Waals surface area contributed by atoms with Crippen LogP contribution in [-0.2, 0) is 36.8 Å². The van der Waals surface area contributed by atoms with E-state index >= 15 is 0 Å². The molecule has 0 spiro atoms. The van der Waals surface area contributed by atoms with Crippen molar-refractivity contribution in [3.8, 4) is 0 Å². The van der Waals surface area contributed by atoms with E-state index in [2.05, 4.69) is 10.6 Å². The van der Waals surface area contributed by atoms with Gasteiger partial charge in [-0.15, -0.1) is 0 Å². The number of hydrogen-bond donors (Lipinski definition) is 4. The topological polar surface area (TPSA) is 148 Å². The molecule has 0 radical (unpaired) electrons. The minimum absolute atomic E-state index is 0.146. The maximum atomic E-state index is 13.1. The number of carbonyl (C=O) groups excluding carboxylic acids is 3. The predicted octanol–water partition coefficient (Wildman–Crippen LogP) is 3.01. The van der Waals surface area contributed by atoms with E-state index in [1.165, 1.54) is 7.11 Å². The normalized spacial score (nSPS) is 13.2. The zero-order chi connectivity index (χ0) is 30.3. The average Bonchev–Trinajstić information content (AvgIpc) is 2.91. The number of carbonyl (C=O) groups is 4. The zero-order valence-electron chi connectivity index (χ0n) is 22.6. The lowest BCUT2D eigenvalue weighted by Gasteiger charge is -2.24. The quantitative estimate of drug-likeness (QED) is 0.288. The number of aryl methyl sites for hydroxylation is 1. The molecule has 3 unspecified atom stereocenters. The first-order chi connectivity index (χ1) is 18.7. The highest BCUT2D eigenvalue weighted by Crippen LogP contribution is 2.13. The van der Waals surface area contributed by atoms with Gasteiger partial charge in [0.25, 0.3) is 0 Å². The number of nitrogens with one attached hydrogen (secondary N) is 2. The van der Waals surface area contributed by atoms with Crippen LogP contribution in [0.5, 0.6) is 0 Å². The zero-order valence-corrected chi connectivity index (χ0v) is 22.6. The van der Waals surface area contributed by atoms with Crippen LogP contribution in [0, 0.1) is 5.92 Å². The van der Waals surface area contributed by atoms with Crippen LogP contribution in [0.3, 0.4) is 0 Å². The van der Waals surface area contributed by atoms with Crippen molar-refractivity contribution in [2.75, 3.05) is 7.11 Å². The van der Waals surface area contributed by atoms with E-state index in [1.807, 2.05) is 74.5 Å². The van der Waals surface area contributed by atoms with Crippen molar-refractivity contribution in [3.05, 3.63) is 71.8 Å². The fraction of sp³-hybridized carbons (Fsp3) is 0.429. The molecule has 12 heteroatoms. The number of halogens is 3. The first kappa shape index (κ1) is 34.1. The third kappa shape index (κ3) is 13.2. The third-order valence-electron chi connectivity index (χ3n) is 5.59. The van der Waals surface area contributed by atoms with E-state index < -0.39 is 42.1 Å². The number of rotatable bonds is 12. The second-order valence-electron chi connectivity index (χ2n) is 9.40. The number of alkyl halides is 3. The van der Waals surface area contributed by atoms with Crippen molar-refractivity contribution in [1.82, 2.24) is 10.6 Å². The SMILES string of the molecule is COC(=O)C(Cc1ccccc1)NC(=O)C(CC(C)C)NC(=O)C(N)CCc1ccccc1.O=C(O)C(F)(F)F. The van der Waals surface area contributed by atoms with Gasteiger partial charge in [-0.3, -0.25) is 9.59 Å². The van der Waals surface area contributed by atoms with Gasteiger partial charge in [-0.1, -0.05) is 74.5 Å². The van der Waals surface area contributed by atoms with Gasteiger partial charge in [0.15, 0.2) is 0 Å². The molecule has 2 amide bonds. The fourth-order valence-corrected chi connectivity index (χ4v) is 3.54. The molecule has 0 saturated heterocycles. The predicted molar refractivity (Wildman–Crippen MR) is 142 cm³/mol. The van der Waals surface area contributed by atoms with Gasteiger partial charge in [0.05, 0.1) is 13.2 Å². The Bertz CT molecular complexity index is 1080. The Balaban J connectivity index is 0.00000101. The van der Waals surface area contributed by atoms with Gasteiger partial charge < -0.3 is 26.2 Å². The number of carboxylic acid groups (broad SMARTS) is 1. The minimum Gasteiger partial charge on any atom is -0.475 e. The van der Waals surface area contributed by atoms with Crippen LogP contribution in [0.2, 0.25) is 0 Å². The summed E-state index contributed by atoms with van der Waals surface area (Å²) in [6.07, 6.45) is -3.25. The van der Waals surface area contributed by atoms with E-state index in [1.54, 1.807) is 0 Å². The molecule has 0 aliphatic carbocycles. The molecular formula is C28H36F3N3O6. The molecule has 2 aromatic rings. The van der Waals surface area contributed by atoms with Crippen LogP contribution in [0.1, 0.15) is 37.8 Å². The first-order valence-corrected chi connectivity index (χ1v) is 12.6. The van der Waals surface area contributed by atoms with Gasteiger partial charge in [-0.2, -0.15) is 13.2 Å². The van der Waals surface area contributed by atoms with Gasteiger partial charge in [-0.25, -0.2) is 9.59 Å². The van der Waals surface area contributed by atoms with E-state index in [9.17, 15) is 27.6 Å². The van der Waals surface area contributed by atoms with E-state index in [-0.39, 0.29) is 18.2 Å².